The average Bonchev–Trinajstić information content (AvgIpc) is 3.07. The summed E-state index contributed by atoms with van der Waals surface area (Å²) in [5.74, 6) is -0.930. The number of ether oxygens (including phenoxy) is 2. The Kier molecular flexibility index (Phi) is 35.7. The van der Waals surface area contributed by atoms with Crippen molar-refractivity contribution in [1.29, 1.82) is 0 Å². The average molecular weight is 717 g/mol. The molecule has 0 aromatic rings. The maximum absolute atomic E-state index is 12.4. The SMILES string of the molecule is CCCCCCCCCCCCC/C=C/CCC(=O)OC[C@H](COP(=O)(O)O)OC(=O)CCCCCCCCCCCCCCCCCC. The van der Waals surface area contributed by atoms with E-state index in [0.717, 1.165) is 32.1 Å². The Morgan fingerprint density at radius 1 is 0.510 bits per heavy atom. The normalized spacial score (nSPS) is 12.5. The molecule has 1 atom stereocenters. The fourth-order valence-corrected chi connectivity index (χ4v) is 6.34. The number of phosphoric acid groups is 1. The van der Waals surface area contributed by atoms with E-state index < -0.39 is 32.5 Å². The highest BCUT2D eigenvalue weighted by Crippen LogP contribution is 2.36. The Morgan fingerprint density at radius 3 is 1.33 bits per heavy atom. The largest absolute Gasteiger partial charge is 0.469 e. The van der Waals surface area contributed by atoms with Crippen LogP contribution >= 0.6 is 7.82 Å². The first-order valence-corrected chi connectivity index (χ1v) is 22.0. The minimum atomic E-state index is -4.75. The monoisotopic (exact) mass is 717 g/mol. The third kappa shape index (κ3) is 39.4. The van der Waals surface area contributed by atoms with Gasteiger partial charge in [-0.25, -0.2) is 4.57 Å². The first kappa shape index (κ1) is 47.8. The molecule has 0 saturated carbocycles. The molecular formula is C40H77O8P. The van der Waals surface area contributed by atoms with Crippen molar-refractivity contribution in [3.05, 3.63) is 12.2 Å². The fraction of sp³-hybridized carbons (Fsp3) is 0.900. The highest BCUT2D eigenvalue weighted by Gasteiger charge is 2.22. The van der Waals surface area contributed by atoms with Gasteiger partial charge in [0.2, 0.25) is 0 Å². The van der Waals surface area contributed by atoms with Gasteiger partial charge in [0, 0.05) is 12.8 Å². The van der Waals surface area contributed by atoms with E-state index in [1.54, 1.807) is 0 Å². The van der Waals surface area contributed by atoms with Crippen LogP contribution in [0.1, 0.15) is 213 Å². The summed E-state index contributed by atoms with van der Waals surface area (Å²) in [5.41, 5.74) is 0. The first-order chi connectivity index (χ1) is 23.8. The molecule has 0 radical (unpaired) electrons. The van der Waals surface area contributed by atoms with Gasteiger partial charge < -0.3 is 19.3 Å². The number of rotatable bonds is 38. The van der Waals surface area contributed by atoms with Crippen molar-refractivity contribution in [3.8, 4) is 0 Å². The number of hydrogen-bond donors (Lipinski definition) is 2. The second-order valence-corrected chi connectivity index (χ2v) is 15.2. The van der Waals surface area contributed by atoms with Crippen molar-refractivity contribution < 1.29 is 37.9 Å². The molecule has 0 spiro atoms. The molecule has 9 heteroatoms. The summed E-state index contributed by atoms with van der Waals surface area (Å²) in [6, 6.07) is 0. The first-order valence-electron chi connectivity index (χ1n) is 20.5. The van der Waals surface area contributed by atoms with Gasteiger partial charge in [0.1, 0.15) is 6.61 Å². The lowest BCUT2D eigenvalue weighted by atomic mass is 10.0. The molecular weight excluding hydrogens is 639 g/mol. The zero-order valence-electron chi connectivity index (χ0n) is 31.9. The summed E-state index contributed by atoms with van der Waals surface area (Å²) in [7, 11) is -4.75. The summed E-state index contributed by atoms with van der Waals surface area (Å²) in [6.45, 7) is 3.67. The van der Waals surface area contributed by atoms with Crippen molar-refractivity contribution in [2.45, 2.75) is 219 Å². The van der Waals surface area contributed by atoms with Gasteiger partial charge in [0.05, 0.1) is 6.61 Å². The van der Waals surface area contributed by atoms with Gasteiger partial charge in [0.25, 0.3) is 0 Å². The molecule has 0 fully saturated rings. The van der Waals surface area contributed by atoms with E-state index in [9.17, 15) is 14.2 Å². The third-order valence-electron chi connectivity index (χ3n) is 9.05. The molecule has 0 aliphatic heterocycles. The van der Waals surface area contributed by atoms with E-state index in [-0.39, 0.29) is 19.4 Å². The number of unbranched alkanes of at least 4 members (excludes halogenated alkanes) is 26. The number of allylic oxidation sites excluding steroid dienone is 2. The quantitative estimate of drug-likeness (QED) is 0.0280. The summed E-state index contributed by atoms with van der Waals surface area (Å²) in [4.78, 5) is 42.7. The molecule has 0 amide bonds. The predicted molar refractivity (Wildman–Crippen MR) is 202 cm³/mol. The van der Waals surface area contributed by atoms with Crippen molar-refractivity contribution in [2.75, 3.05) is 13.2 Å². The molecule has 0 bridgehead atoms. The molecule has 0 aliphatic rings. The molecule has 0 unspecified atom stereocenters. The van der Waals surface area contributed by atoms with E-state index in [1.165, 1.54) is 141 Å². The maximum atomic E-state index is 12.4. The van der Waals surface area contributed by atoms with Gasteiger partial charge >= 0.3 is 19.8 Å². The number of esters is 2. The minimum absolute atomic E-state index is 0.188. The highest BCUT2D eigenvalue weighted by molar-refractivity contribution is 7.46. The lowest BCUT2D eigenvalue weighted by Gasteiger charge is -2.18. The van der Waals surface area contributed by atoms with Crippen LogP contribution in [0.3, 0.4) is 0 Å². The standard InChI is InChI=1S/C40H77O8P/c1-3-5-7-9-11-13-15-17-19-21-23-25-27-29-31-33-35-40(42)48-38(37-47-49(43,44)45)36-46-39(41)34-32-30-28-26-24-22-20-18-16-14-12-10-8-6-4-2/h28,30,38H,3-27,29,31-37H2,1-2H3,(H2,43,44,45)/b30-28+/t38-/m1/s1. The Hall–Kier alpha value is -1.21. The van der Waals surface area contributed by atoms with Crippen LogP contribution in [0.4, 0.5) is 0 Å². The molecule has 2 N–H and O–H groups in total. The number of carbonyl (C=O) groups excluding carboxylic acids is 2. The summed E-state index contributed by atoms with van der Waals surface area (Å²) < 4.78 is 26.3. The van der Waals surface area contributed by atoms with Crippen LogP contribution < -0.4 is 0 Å². The van der Waals surface area contributed by atoms with E-state index >= 15 is 0 Å². The lowest BCUT2D eigenvalue weighted by Crippen LogP contribution is -2.29. The Bertz CT molecular complexity index is 812. The third-order valence-corrected chi connectivity index (χ3v) is 9.53. The number of phosphoric ester groups is 1. The van der Waals surface area contributed by atoms with Gasteiger partial charge in [0.15, 0.2) is 6.10 Å². The second-order valence-electron chi connectivity index (χ2n) is 14.0. The zero-order chi connectivity index (χ0) is 36.1. The van der Waals surface area contributed by atoms with E-state index in [1.807, 2.05) is 6.08 Å². The fourth-order valence-electron chi connectivity index (χ4n) is 5.98. The maximum Gasteiger partial charge on any atom is 0.469 e. The zero-order valence-corrected chi connectivity index (χ0v) is 32.8. The summed E-state index contributed by atoms with van der Waals surface area (Å²) in [6.07, 6.45) is 39.4. The Balaban J connectivity index is 3.93. The molecule has 0 saturated heterocycles. The number of carbonyl (C=O) groups is 2. The molecule has 0 aromatic heterocycles. The van der Waals surface area contributed by atoms with E-state index in [2.05, 4.69) is 24.4 Å². The molecule has 8 nitrogen and oxygen atoms in total. The van der Waals surface area contributed by atoms with Crippen molar-refractivity contribution >= 4 is 19.8 Å². The summed E-state index contributed by atoms with van der Waals surface area (Å²) in [5, 5.41) is 0. The van der Waals surface area contributed by atoms with Gasteiger partial charge in [-0.3, -0.25) is 14.1 Å². The molecule has 0 aliphatic carbocycles. The van der Waals surface area contributed by atoms with Crippen molar-refractivity contribution in [3.63, 3.8) is 0 Å². The summed E-state index contributed by atoms with van der Waals surface area (Å²) >= 11 is 0. The number of hydrogen-bond acceptors (Lipinski definition) is 6. The van der Waals surface area contributed by atoms with Crippen LogP contribution in [0.5, 0.6) is 0 Å². The second kappa shape index (κ2) is 36.6. The Morgan fingerprint density at radius 2 is 0.898 bits per heavy atom. The van der Waals surface area contributed by atoms with Gasteiger partial charge in [-0.2, -0.15) is 0 Å². The molecule has 0 rings (SSSR count). The molecule has 290 valence electrons. The topological polar surface area (TPSA) is 119 Å². The molecule has 0 aromatic carbocycles. The van der Waals surface area contributed by atoms with E-state index in [4.69, 9.17) is 19.3 Å². The van der Waals surface area contributed by atoms with Gasteiger partial charge in [-0.05, 0) is 25.7 Å². The Labute approximate surface area is 301 Å². The smallest absolute Gasteiger partial charge is 0.462 e. The highest BCUT2D eigenvalue weighted by atomic mass is 31.2. The van der Waals surface area contributed by atoms with Crippen LogP contribution in [0.15, 0.2) is 12.2 Å². The van der Waals surface area contributed by atoms with Crippen LogP contribution in [0, 0.1) is 0 Å². The van der Waals surface area contributed by atoms with Crippen LogP contribution in [0.25, 0.3) is 0 Å². The molecule has 49 heavy (non-hydrogen) atoms. The molecule has 0 heterocycles. The van der Waals surface area contributed by atoms with Crippen molar-refractivity contribution in [1.82, 2.24) is 0 Å². The predicted octanol–water partition coefficient (Wildman–Crippen LogP) is 12.2. The van der Waals surface area contributed by atoms with Gasteiger partial charge in [-0.15, -0.1) is 0 Å². The van der Waals surface area contributed by atoms with Crippen LogP contribution in [-0.2, 0) is 28.2 Å². The van der Waals surface area contributed by atoms with Crippen LogP contribution in [0.2, 0.25) is 0 Å². The van der Waals surface area contributed by atoms with Crippen molar-refractivity contribution in [2.24, 2.45) is 0 Å². The lowest BCUT2D eigenvalue weighted by molar-refractivity contribution is -0.161. The minimum Gasteiger partial charge on any atom is -0.462 e. The van der Waals surface area contributed by atoms with E-state index in [0.29, 0.717) is 12.8 Å². The van der Waals surface area contributed by atoms with Crippen LogP contribution in [-0.4, -0.2) is 41.0 Å². The van der Waals surface area contributed by atoms with Gasteiger partial charge in [-0.1, -0.05) is 187 Å².